The Morgan fingerprint density at radius 3 is 2.38 bits per heavy atom. The topological polar surface area (TPSA) is 38.9 Å². The second kappa shape index (κ2) is 5.47. The van der Waals surface area contributed by atoms with Crippen LogP contribution in [0, 0.1) is 12.7 Å². The Morgan fingerprint density at radius 1 is 1.10 bits per heavy atom. The molecule has 0 spiro atoms. The minimum Gasteiger partial charge on any atom is -0.461 e. The predicted octanol–water partition coefficient (Wildman–Crippen LogP) is 5.16. The van der Waals surface area contributed by atoms with E-state index in [9.17, 15) is 4.39 Å². The van der Waals surface area contributed by atoms with E-state index in [1.165, 1.54) is 18.4 Å². The van der Waals surface area contributed by atoms with Crippen molar-refractivity contribution in [1.82, 2.24) is 9.97 Å². The van der Waals surface area contributed by atoms with E-state index < -0.39 is 0 Å². The van der Waals surface area contributed by atoms with Crippen LogP contribution in [0.4, 0.5) is 4.39 Å². The van der Waals surface area contributed by atoms with Crippen LogP contribution >= 0.6 is 23.2 Å². The summed E-state index contributed by atoms with van der Waals surface area (Å²) in [4.78, 5) is 8.39. The van der Waals surface area contributed by atoms with Crippen molar-refractivity contribution in [2.75, 3.05) is 0 Å². The number of hydrogen-bond acceptors (Lipinski definition) is 3. The quantitative estimate of drug-likeness (QED) is 0.612. The van der Waals surface area contributed by atoms with E-state index in [1.54, 1.807) is 18.2 Å². The van der Waals surface area contributed by atoms with Crippen LogP contribution in [0.2, 0.25) is 10.3 Å². The number of halogens is 3. The zero-order valence-corrected chi connectivity index (χ0v) is 12.4. The summed E-state index contributed by atoms with van der Waals surface area (Å²) in [6, 6.07) is 7.72. The first-order valence-corrected chi connectivity index (χ1v) is 6.85. The molecule has 21 heavy (non-hydrogen) atoms. The van der Waals surface area contributed by atoms with E-state index in [2.05, 4.69) is 9.97 Å². The van der Waals surface area contributed by atoms with Gasteiger partial charge >= 0.3 is 0 Å². The van der Waals surface area contributed by atoms with Gasteiger partial charge in [-0.05, 0) is 36.2 Å². The summed E-state index contributed by atoms with van der Waals surface area (Å²) >= 11 is 12.4. The van der Waals surface area contributed by atoms with Crippen LogP contribution in [0.1, 0.15) is 5.56 Å². The fourth-order valence-corrected chi connectivity index (χ4v) is 2.60. The lowest BCUT2D eigenvalue weighted by molar-refractivity contribution is 0.575. The smallest absolute Gasteiger partial charge is 0.198 e. The summed E-state index contributed by atoms with van der Waals surface area (Å²) in [6.45, 7) is 1.87. The number of rotatable bonds is 2. The Kier molecular flexibility index (Phi) is 3.66. The van der Waals surface area contributed by atoms with Crippen molar-refractivity contribution in [3.05, 3.63) is 58.3 Å². The number of furan rings is 1. The van der Waals surface area contributed by atoms with Crippen LogP contribution in [-0.4, -0.2) is 9.97 Å². The molecule has 2 heterocycles. The molecule has 106 valence electrons. The van der Waals surface area contributed by atoms with Crippen LogP contribution in [0.5, 0.6) is 0 Å². The maximum absolute atomic E-state index is 13.3. The Balaban J connectivity index is 2.15. The van der Waals surface area contributed by atoms with E-state index in [0.717, 1.165) is 5.56 Å². The lowest BCUT2D eigenvalue weighted by atomic mass is 10.1. The zero-order valence-electron chi connectivity index (χ0n) is 10.9. The van der Waals surface area contributed by atoms with Gasteiger partial charge in [-0.15, -0.1) is 0 Å². The van der Waals surface area contributed by atoms with Gasteiger partial charge in [-0.1, -0.05) is 35.3 Å². The fourth-order valence-electron chi connectivity index (χ4n) is 1.99. The van der Waals surface area contributed by atoms with E-state index in [1.807, 2.05) is 6.92 Å². The summed E-state index contributed by atoms with van der Waals surface area (Å²) in [5.41, 5.74) is 1.79. The van der Waals surface area contributed by atoms with Crippen molar-refractivity contribution in [1.29, 1.82) is 0 Å². The van der Waals surface area contributed by atoms with Crippen molar-refractivity contribution < 1.29 is 8.81 Å². The predicted molar refractivity (Wildman–Crippen MR) is 79.9 cm³/mol. The van der Waals surface area contributed by atoms with E-state index in [4.69, 9.17) is 27.6 Å². The molecule has 0 aliphatic rings. The van der Waals surface area contributed by atoms with Gasteiger partial charge in [0.15, 0.2) is 11.6 Å². The lowest BCUT2D eigenvalue weighted by Crippen LogP contribution is -1.95. The molecule has 0 fully saturated rings. The first kappa shape index (κ1) is 14.0. The van der Waals surface area contributed by atoms with E-state index in [-0.39, 0.29) is 16.1 Å². The Labute approximate surface area is 130 Å². The summed E-state index contributed by atoms with van der Waals surface area (Å²) in [6.07, 6.45) is 1.54. The van der Waals surface area contributed by atoms with Crippen LogP contribution in [0.15, 0.2) is 41.0 Å². The van der Waals surface area contributed by atoms with E-state index >= 15 is 0 Å². The summed E-state index contributed by atoms with van der Waals surface area (Å²) < 4.78 is 18.7. The first-order chi connectivity index (χ1) is 10.1. The van der Waals surface area contributed by atoms with Crippen LogP contribution in [-0.2, 0) is 0 Å². The molecule has 0 atom stereocenters. The number of benzene rings is 1. The molecule has 3 nitrogen and oxygen atoms in total. The van der Waals surface area contributed by atoms with Crippen molar-refractivity contribution in [2.45, 2.75) is 6.92 Å². The highest BCUT2D eigenvalue weighted by Crippen LogP contribution is 2.35. The van der Waals surface area contributed by atoms with Crippen molar-refractivity contribution in [3.8, 4) is 22.7 Å². The van der Waals surface area contributed by atoms with Gasteiger partial charge < -0.3 is 4.42 Å². The van der Waals surface area contributed by atoms with E-state index in [0.29, 0.717) is 22.7 Å². The summed E-state index contributed by atoms with van der Waals surface area (Å²) in [5, 5.41) is 0.290. The largest absolute Gasteiger partial charge is 0.461 e. The molecule has 0 N–H and O–H groups in total. The number of nitrogens with zero attached hydrogens (tertiary/aromatic N) is 2. The van der Waals surface area contributed by atoms with Gasteiger partial charge in [0, 0.05) is 0 Å². The third-order valence-electron chi connectivity index (χ3n) is 3.00. The normalized spacial score (nSPS) is 10.9. The molecule has 2 aromatic heterocycles. The van der Waals surface area contributed by atoms with Gasteiger partial charge in [-0.2, -0.15) is 0 Å². The maximum atomic E-state index is 13.3. The minimum absolute atomic E-state index is 0.145. The number of aromatic nitrogens is 2. The van der Waals surface area contributed by atoms with Gasteiger partial charge in [0.05, 0.1) is 11.8 Å². The molecule has 0 saturated carbocycles. The molecule has 0 amide bonds. The van der Waals surface area contributed by atoms with Crippen molar-refractivity contribution in [3.63, 3.8) is 0 Å². The highest BCUT2D eigenvalue weighted by molar-refractivity contribution is 6.37. The molecule has 0 unspecified atom stereocenters. The minimum atomic E-state index is -0.384. The van der Waals surface area contributed by atoms with Crippen molar-refractivity contribution >= 4 is 23.2 Å². The molecule has 0 radical (unpaired) electrons. The number of aryl methyl sites for hydroxylation is 1. The van der Waals surface area contributed by atoms with Gasteiger partial charge in [0.1, 0.15) is 16.1 Å². The molecule has 0 saturated heterocycles. The molecule has 3 rings (SSSR count). The second-order valence-electron chi connectivity index (χ2n) is 4.45. The standard InChI is InChI=1S/C15H9Cl2FN2O/c1-8-5-6-21-12(8)15-19-13(16)11(14(17)20-15)9-3-2-4-10(18)7-9/h2-7H,1H3. The first-order valence-electron chi connectivity index (χ1n) is 6.09. The van der Waals surface area contributed by atoms with Crippen LogP contribution in [0.25, 0.3) is 22.7 Å². The monoisotopic (exact) mass is 322 g/mol. The average Bonchev–Trinajstić information content (AvgIpc) is 2.84. The third kappa shape index (κ3) is 2.64. The molecule has 1 aromatic carbocycles. The van der Waals surface area contributed by atoms with Crippen LogP contribution < -0.4 is 0 Å². The second-order valence-corrected chi connectivity index (χ2v) is 5.16. The molecule has 0 aliphatic heterocycles. The summed E-state index contributed by atoms with van der Waals surface area (Å²) in [5.74, 6) is 0.419. The highest BCUT2D eigenvalue weighted by Gasteiger charge is 2.17. The average molecular weight is 323 g/mol. The number of hydrogen-bond donors (Lipinski definition) is 0. The van der Waals surface area contributed by atoms with Gasteiger partial charge in [0.25, 0.3) is 0 Å². The van der Waals surface area contributed by atoms with Gasteiger partial charge in [-0.3, -0.25) is 0 Å². The Hall–Kier alpha value is -1.91. The fraction of sp³-hybridized carbons (Fsp3) is 0.0667. The Morgan fingerprint density at radius 2 is 1.81 bits per heavy atom. The summed E-state index contributed by atoms with van der Waals surface area (Å²) in [7, 11) is 0. The highest BCUT2D eigenvalue weighted by atomic mass is 35.5. The molecule has 3 aromatic rings. The third-order valence-corrected chi connectivity index (χ3v) is 3.55. The molecule has 6 heteroatoms. The molecular formula is C15H9Cl2FN2O. The zero-order chi connectivity index (χ0) is 15.0. The van der Waals surface area contributed by atoms with Crippen molar-refractivity contribution in [2.24, 2.45) is 0 Å². The Bertz CT molecular complexity index is 794. The maximum Gasteiger partial charge on any atom is 0.198 e. The van der Waals surface area contributed by atoms with Crippen LogP contribution in [0.3, 0.4) is 0 Å². The molecule has 0 aliphatic carbocycles. The SMILES string of the molecule is Cc1ccoc1-c1nc(Cl)c(-c2cccc(F)c2)c(Cl)n1. The van der Waals surface area contributed by atoms with Gasteiger partial charge in [0.2, 0.25) is 0 Å². The molecule has 0 bridgehead atoms. The lowest BCUT2D eigenvalue weighted by Gasteiger charge is -2.08. The van der Waals surface area contributed by atoms with Gasteiger partial charge in [-0.25, -0.2) is 14.4 Å². The molecular weight excluding hydrogens is 314 g/mol.